The van der Waals surface area contributed by atoms with Crippen molar-refractivity contribution in [2.24, 2.45) is 11.1 Å². The number of nitrogens with two attached hydrogens (primary N) is 1. The highest BCUT2D eigenvalue weighted by molar-refractivity contribution is 5.94. The summed E-state index contributed by atoms with van der Waals surface area (Å²) in [6, 6.07) is 1.66. The minimum absolute atomic E-state index is 0.00837. The molecule has 0 saturated heterocycles. The molecule has 84 valence electrons. The molecule has 4 nitrogen and oxygen atoms in total. The van der Waals surface area contributed by atoms with Crippen LogP contribution in [0.25, 0.3) is 0 Å². The molecule has 0 amide bonds. The molecule has 1 aromatic heterocycles. The van der Waals surface area contributed by atoms with Gasteiger partial charge in [0.15, 0.2) is 5.78 Å². The Kier molecular flexibility index (Phi) is 3.63. The van der Waals surface area contributed by atoms with Crippen LogP contribution in [0, 0.1) is 12.3 Å². The lowest BCUT2D eigenvalue weighted by atomic mass is 9.87. The zero-order valence-electron chi connectivity index (χ0n) is 9.54. The Balaban J connectivity index is 2.50. The van der Waals surface area contributed by atoms with E-state index in [0.29, 0.717) is 24.4 Å². The van der Waals surface area contributed by atoms with Gasteiger partial charge in [0.1, 0.15) is 11.5 Å². The van der Waals surface area contributed by atoms with Crippen molar-refractivity contribution < 1.29 is 9.32 Å². The number of carbonyl (C=O) groups excluding carboxylic acids is 1. The summed E-state index contributed by atoms with van der Waals surface area (Å²) < 4.78 is 4.85. The first-order valence-electron chi connectivity index (χ1n) is 5.11. The molecule has 1 aromatic rings. The summed E-state index contributed by atoms with van der Waals surface area (Å²) in [5.74, 6) is 0.685. The van der Waals surface area contributed by atoms with E-state index < -0.39 is 0 Å². The maximum Gasteiger partial charge on any atom is 0.184 e. The topological polar surface area (TPSA) is 69.1 Å². The lowest BCUT2D eigenvalue weighted by Crippen LogP contribution is -2.24. The van der Waals surface area contributed by atoms with Crippen LogP contribution in [0.5, 0.6) is 0 Å². The summed E-state index contributed by atoms with van der Waals surface area (Å²) in [6.07, 6.45) is 1.24. The minimum Gasteiger partial charge on any atom is -0.361 e. The van der Waals surface area contributed by atoms with Gasteiger partial charge in [0, 0.05) is 12.5 Å². The van der Waals surface area contributed by atoms with E-state index in [4.69, 9.17) is 10.3 Å². The highest BCUT2D eigenvalue weighted by Crippen LogP contribution is 2.21. The average Bonchev–Trinajstić information content (AvgIpc) is 2.61. The Morgan fingerprint density at radius 1 is 1.60 bits per heavy atom. The largest absolute Gasteiger partial charge is 0.361 e. The summed E-state index contributed by atoms with van der Waals surface area (Å²) in [7, 11) is 0. The van der Waals surface area contributed by atoms with Crippen LogP contribution in [0.4, 0.5) is 0 Å². The van der Waals surface area contributed by atoms with E-state index in [1.807, 2.05) is 13.8 Å². The van der Waals surface area contributed by atoms with Gasteiger partial charge in [-0.25, -0.2) is 0 Å². The average molecular weight is 210 g/mol. The number of ketones is 1. The quantitative estimate of drug-likeness (QED) is 0.754. The molecule has 0 unspecified atom stereocenters. The van der Waals surface area contributed by atoms with Crippen LogP contribution < -0.4 is 5.73 Å². The second-order valence-corrected chi connectivity index (χ2v) is 4.61. The third-order valence-electron chi connectivity index (χ3n) is 2.50. The van der Waals surface area contributed by atoms with Crippen molar-refractivity contribution in [3.63, 3.8) is 0 Å². The van der Waals surface area contributed by atoms with Gasteiger partial charge in [-0.2, -0.15) is 0 Å². The predicted molar refractivity (Wildman–Crippen MR) is 57.6 cm³/mol. The third-order valence-corrected chi connectivity index (χ3v) is 2.50. The molecule has 0 saturated carbocycles. The van der Waals surface area contributed by atoms with Gasteiger partial charge in [-0.15, -0.1) is 0 Å². The van der Waals surface area contributed by atoms with Crippen molar-refractivity contribution in [1.29, 1.82) is 0 Å². The smallest absolute Gasteiger partial charge is 0.184 e. The normalized spacial score (nSPS) is 11.7. The Hall–Kier alpha value is -1.16. The van der Waals surface area contributed by atoms with Crippen LogP contribution in [-0.2, 0) is 0 Å². The molecule has 0 fully saturated rings. The minimum atomic E-state index is 0.00837. The van der Waals surface area contributed by atoms with Gasteiger partial charge in [-0.1, -0.05) is 19.0 Å². The SMILES string of the molecule is Cc1cc(C(=O)CCC(C)(C)CN)no1. The maximum absolute atomic E-state index is 11.7. The van der Waals surface area contributed by atoms with Crippen molar-refractivity contribution >= 4 is 5.78 Å². The van der Waals surface area contributed by atoms with Crippen LogP contribution in [0.2, 0.25) is 0 Å². The standard InChI is InChI=1S/C11H18N2O2/c1-8-6-9(13-15-8)10(14)4-5-11(2,3)7-12/h6H,4-5,7,12H2,1-3H3. The second-order valence-electron chi connectivity index (χ2n) is 4.61. The zero-order valence-corrected chi connectivity index (χ0v) is 9.54. The van der Waals surface area contributed by atoms with Gasteiger partial charge in [0.25, 0.3) is 0 Å². The number of rotatable bonds is 5. The van der Waals surface area contributed by atoms with Crippen LogP contribution in [-0.4, -0.2) is 17.5 Å². The summed E-state index contributed by atoms with van der Waals surface area (Å²) in [4.78, 5) is 11.7. The molecule has 0 bridgehead atoms. The molecule has 2 N–H and O–H groups in total. The Morgan fingerprint density at radius 3 is 2.73 bits per heavy atom. The fourth-order valence-electron chi connectivity index (χ4n) is 1.18. The maximum atomic E-state index is 11.7. The molecule has 0 aromatic carbocycles. The number of aryl methyl sites for hydroxylation is 1. The summed E-state index contributed by atoms with van der Waals surface area (Å²) >= 11 is 0. The van der Waals surface area contributed by atoms with Crippen LogP contribution in [0.3, 0.4) is 0 Å². The van der Waals surface area contributed by atoms with E-state index in [1.54, 1.807) is 13.0 Å². The first-order valence-corrected chi connectivity index (χ1v) is 5.11. The van der Waals surface area contributed by atoms with Crippen LogP contribution in [0.15, 0.2) is 10.6 Å². The molecule has 0 atom stereocenters. The fraction of sp³-hybridized carbons (Fsp3) is 0.636. The Bertz CT molecular complexity index is 342. The molecule has 0 aliphatic rings. The lowest BCUT2D eigenvalue weighted by Gasteiger charge is -2.21. The van der Waals surface area contributed by atoms with Gasteiger partial charge < -0.3 is 10.3 Å². The van der Waals surface area contributed by atoms with E-state index in [1.165, 1.54) is 0 Å². The zero-order chi connectivity index (χ0) is 11.5. The van der Waals surface area contributed by atoms with Crippen LogP contribution in [0.1, 0.15) is 42.9 Å². The van der Waals surface area contributed by atoms with E-state index in [0.717, 1.165) is 6.42 Å². The molecule has 0 aliphatic heterocycles. The van der Waals surface area contributed by atoms with Crippen molar-refractivity contribution in [2.45, 2.75) is 33.6 Å². The molecule has 0 aliphatic carbocycles. The number of nitrogens with zero attached hydrogens (tertiary/aromatic N) is 1. The van der Waals surface area contributed by atoms with Gasteiger partial charge in [-0.3, -0.25) is 4.79 Å². The summed E-state index contributed by atoms with van der Waals surface area (Å²) in [5, 5.41) is 3.69. The highest BCUT2D eigenvalue weighted by atomic mass is 16.5. The number of hydrogen-bond acceptors (Lipinski definition) is 4. The third kappa shape index (κ3) is 3.47. The van der Waals surface area contributed by atoms with Crippen molar-refractivity contribution in [1.82, 2.24) is 5.16 Å². The molecule has 0 spiro atoms. The molecular weight excluding hydrogens is 192 g/mol. The Morgan fingerprint density at radius 2 is 2.27 bits per heavy atom. The van der Waals surface area contributed by atoms with E-state index in [9.17, 15) is 4.79 Å². The Labute approximate surface area is 89.8 Å². The molecule has 1 heterocycles. The summed E-state index contributed by atoms with van der Waals surface area (Å²) in [5.41, 5.74) is 6.02. The van der Waals surface area contributed by atoms with Gasteiger partial charge in [-0.05, 0) is 25.3 Å². The van der Waals surface area contributed by atoms with Gasteiger partial charge in [0.05, 0.1) is 0 Å². The predicted octanol–water partition coefficient (Wildman–Crippen LogP) is 1.93. The van der Waals surface area contributed by atoms with Crippen molar-refractivity contribution in [3.05, 3.63) is 17.5 Å². The molecule has 15 heavy (non-hydrogen) atoms. The van der Waals surface area contributed by atoms with E-state index >= 15 is 0 Å². The molecule has 4 heteroatoms. The highest BCUT2D eigenvalue weighted by Gasteiger charge is 2.19. The second kappa shape index (κ2) is 4.57. The first kappa shape index (κ1) is 11.9. The van der Waals surface area contributed by atoms with Crippen LogP contribution >= 0.6 is 0 Å². The number of hydrogen-bond donors (Lipinski definition) is 1. The fourth-order valence-corrected chi connectivity index (χ4v) is 1.18. The number of carbonyl (C=O) groups is 1. The number of aromatic nitrogens is 1. The van der Waals surface area contributed by atoms with Crippen molar-refractivity contribution in [2.75, 3.05) is 6.54 Å². The molecule has 1 rings (SSSR count). The van der Waals surface area contributed by atoms with Gasteiger partial charge >= 0.3 is 0 Å². The monoisotopic (exact) mass is 210 g/mol. The van der Waals surface area contributed by atoms with E-state index in [2.05, 4.69) is 5.16 Å². The molecule has 0 radical (unpaired) electrons. The number of Topliss-reactive ketones (excluding diaryl/α,β-unsaturated/α-hetero) is 1. The van der Waals surface area contributed by atoms with Gasteiger partial charge in [0.2, 0.25) is 0 Å². The molecular formula is C11H18N2O2. The summed E-state index contributed by atoms with van der Waals surface area (Å²) in [6.45, 7) is 6.45. The lowest BCUT2D eigenvalue weighted by molar-refractivity contribution is 0.0955. The first-order chi connectivity index (χ1) is 6.94. The van der Waals surface area contributed by atoms with E-state index in [-0.39, 0.29) is 11.2 Å². The van der Waals surface area contributed by atoms with Crippen molar-refractivity contribution in [3.8, 4) is 0 Å².